The second-order valence-electron chi connectivity index (χ2n) is 7.87. The lowest BCUT2D eigenvalue weighted by atomic mass is 10.2. The predicted molar refractivity (Wildman–Crippen MR) is 139 cm³/mol. The van der Waals surface area contributed by atoms with Gasteiger partial charge < -0.3 is 28.6 Å². The highest BCUT2D eigenvalue weighted by Gasteiger charge is 2.20. The molecule has 10 heteroatoms. The number of carboxylic acids is 1. The van der Waals surface area contributed by atoms with Crippen molar-refractivity contribution in [3.63, 3.8) is 0 Å². The highest BCUT2D eigenvalue weighted by Crippen LogP contribution is 2.35. The Morgan fingerprint density at radius 1 is 1.06 bits per heavy atom. The second kappa shape index (κ2) is 12.3. The lowest BCUT2D eigenvalue weighted by Crippen LogP contribution is -2.07. The highest BCUT2D eigenvalue weighted by molar-refractivity contribution is 8.04. The van der Waals surface area contributed by atoms with Crippen molar-refractivity contribution in [1.82, 2.24) is 14.8 Å². The van der Waals surface area contributed by atoms with Crippen LogP contribution in [0.25, 0.3) is 17.5 Å². The van der Waals surface area contributed by atoms with Crippen LogP contribution in [0, 0.1) is 0 Å². The molecule has 0 aliphatic rings. The molecule has 9 nitrogen and oxygen atoms in total. The van der Waals surface area contributed by atoms with Crippen LogP contribution in [-0.2, 0) is 11.3 Å². The zero-order valence-corrected chi connectivity index (χ0v) is 22.1. The molecule has 192 valence electrons. The molecule has 0 saturated carbocycles. The third-order valence-electron chi connectivity index (χ3n) is 4.98. The van der Waals surface area contributed by atoms with E-state index in [-0.39, 0.29) is 11.0 Å². The number of aromatic nitrogens is 3. The summed E-state index contributed by atoms with van der Waals surface area (Å²) in [6.07, 6.45) is 1.56. The number of hydrogen-bond donors (Lipinski definition) is 1. The maximum absolute atomic E-state index is 12.1. The Labute approximate surface area is 215 Å². The van der Waals surface area contributed by atoms with Crippen LogP contribution in [-0.4, -0.2) is 52.8 Å². The van der Waals surface area contributed by atoms with Crippen LogP contribution in [0.1, 0.15) is 33.3 Å². The Balaban J connectivity index is 1.97. The fourth-order valence-electron chi connectivity index (χ4n) is 3.42. The maximum atomic E-state index is 12.1. The van der Waals surface area contributed by atoms with Crippen LogP contribution in [0.5, 0.6) is 23.0 Å². The molecule has 1 heterocycles. The first-order valence-electron chi connectivity index (χ1n) is 11.5. The highest BCUT2D eigenvalue weighted by atomic mass is 32.2. The maximum Gasteiger partial charge on any atom is 0.342 e. The number of ether oxygens (including phenoxy) is 4. The van der Waals surface area contributed by atoms with Gasteiger partial charge in [-0.05, 0) is 75.4 Å². The minimum Gasteiger partial charge on any atom is -0.497 e. The van der Waals surface area contributed by atoms with Crippen LogP contribution in [0.3, 0.4) is 0 Å². The van der Waals surface area contributed by atoms with Gasteiger partial charge >= 0.3 is 5.97 Å². The fraction of sp³-hybridized carbons (Fsp3) is 0.346. The topological polar surface area (TPSA) is 105 Å². The third kappa shape index (κ3) is 6.51. The molecule has 0 bridgehead atoms. The van der Waals surface area contributed by atoms with Gasteiger partial charge in [-0.2, -0.15) is 0 Å². The summed E-state index contributed by atoms with van der Waals surface area (Å²) in [6.45, 7) is 8.69. The van der Waals surface area contributed by atoms with E-state index in [1.54, 1.807) is 44.6 Å². The molecular formula is C26H31N3O6S. The Morgan fingerprint density at radius 2 is 1.75 bits per heavy atom. The van der Waals surface area contributed by atoms with Gasteiger partial charge in [-0.1, -0.05) is 6.07 Å². The van der Waals surface area contributed by atoms with E-state index >= 15 is 0 Å². The Bertz CT molecular complexity index is 1220. The van der Waals surface area contributed by atoms with Gasteiger partial charge in [0.05, 0.1) is 26.9 Å². The van der Waals surface area contributed by atoms with Gasteiger partial charge in [0.1, 0.15) is 16.4 Å². The molecule has 0 unspecified atom stereocenters. The Hall–Kier alpha value is -3.66. The van der Waals surface area contributed by atoms with Gasteiger partial charge in [0, 0.05) is 18.2 Å². The fourth-order valence-corrected chi connectivity index (χ4v) is 4.30. The number of nitrogens with zero attached hydrogens (tertiary/aromatic N) is 3. The van der Waals surface area contributed by atoms with E-state index in [0.717, 1.165) is 17.3 Å². The van der Waals surface area contributed by atoms with Crippen molar-refractivity contribution in [3.8, 4) is 34.4 Å². The second-order valence-corrected chi connectivity index (χ2v) is 8.88. The molecule has 1 N–H and O–H groups in total. The minimum atomic E-state index is -1.07. The SMILES string of the molecule is CCOc1cc(/C=C(\Sc2nnc(-c3cc(OC)cc(OC)c3)n2CC)C(=O)O)ccc1OC(C)C. The molecule has 0 radical (unpaired) electrons. The van der Waals surface area contributed by atoms with Crippen molar-refractivity contribution in [1.29, 1.82) is 0 Å². The number of benzene rings is 2. The first-order chi connectivity index (χ1) is 17.3. The molecule has 0 spiro atoms. The smallest absolute Gasteiger partial charge is 0.342 e. The van der Waals surface area contributed by atoms with Crippen LogP contribution < -0.4 is 18.9 Å². The number of hydrogen-bond acceptors (Lipinski definition) is 8. The summed E-state index contributed by atoms with van der Waals surface area (Å²) in [5, 5.41) is 19.0. The Morgan fingerprint density at radius 3 is 2.31 bits per heavy atom. The zero-order chi connectivity index (χ0) is 26.2. The zero-order valence-electron chi connectivity index (χ0n) is 21.3. The Kier molecular flexibility index (Phi) is 9.24. The lowest BCUT2D eigenvalue weighted by molar-refractivity contribution is -0.131. The average molecular weight is 514 g/mol. The number of methoxy groups -OCH3 is 2. The van der Waals surface area contributed by atoms with Crippen molar-refractivity contribution in [2.45, 2.75) is 45.5 Å². The third-order valence-corrected chi connectivity index (χ3v) is 5.98. The van der Waals surface area contributed by atoms with Crippen molar-refractivity contribution in [2.24, 2.45) is 0 Å². The first kappa shape index (κ1) is 26.9. The number of thioether (sulfide) groups is 1. The van der Waals surface area contributed by atoms with Gasteiger partial charge in [0.15, 0.2) is 22.5 Å². The van der Waals surface area contributed by atoms with Crippen LogP contribution in [0.4, 0.5) is 0 Å². The molecule has 0 fully saturated rings. The molecule has 0 amide bonds. The van der Waals surface area contributed by atoms with Crippen LogP contribution >= 0.6 is 11.8 Å². The molecule has 3 aromatic rings. The van der Waals surface area contributed by atoms with Gasteiger partial charge in [-0.15, -0.1) is 10.2 Å². The van der Waals surface area contributed by atoms with Crippen LogP contribution in [0.15, 0.2) is 46.5 Å². The van der Waals surface area contributed by atoms with E-state index < -0.39 is 5.97 Å². The minimum absolute atomic E-state index is 0.0186. The predicted octanol–water partition coefficient (Wildman–Crippen LogP) is 5.39. The molecule has 0 aliphatic carbocycles. The van der Waals surface area contributed by atoms with E-state index in [2.05, 4.69) is 10.2 Å². The summed E-state index contributed by atoms with van der Waals surface area (Å²) in [4.78, 5) is 12.2. The van der Waals surface area contributed by atoms with Gasteiger partial charge in [-0.25, -0.2) is 4.79 Å². The number of aliphatic carboxylic acids is 1. The molecular weight excluding hydrogens is 482 g/mol. The summed E-state index contributed by atoms with van der Waals surface area (Å²) >= 11 is 1.03. The quantitative estimate of drug-likeness (QED) is 0.252. The summed E-state index contributed by atoms with van der Waals surface area (Å²) in [7, 11) is 3.15. The summed E-state index contributed by atoms with van der Waals surface area (Å²) in [5.74, 6) is 1.90. The van der Waals surface area contributed by atoms with Crippen molar-refractivity contribution in [3.05, 3.63) is 46.9 Å². The average Bonchev–Trinajstić information content (AvgIpc) is 3.27. The van der Waals surface area contributed by atoms with Gasteiger partial charge in [0.2, 0.25) is 0 Å². The number of rotatable bonds is 12. The largest absolute Gasteiger partial charge is 0.497 e. The van der Waals surface area contributed by atoms with E-state index in [4.69, 9.17) is 18.9 Å². The monoisotopic (exact) mass is 513 g/mol. The standard InChI is InChI=1S/C26H31N3O6S/c1-7-29-24(18-13-19(32-5)15-20(14-18)33-6)27-28-26(29)36-23(25(30)31)12-17-9-10-21(35-16(3)4)22(11-17)34-8-2/h9-16H,7-8H2,1-6H3,(H,30,31)/b23-12-. The van der Waals surface area contributed by atoms with E-state index in [9.17, 15) is 9.90 Å². The molecule has 0 aliphatic heterocycles. The van der Waals surface area contributed by atoms with Gasteiger partial charge in [0.25, 0.3) is 0 Å². The van der Waals surface area contributed by atoms with E-state index in [1.165, 1.54) is 0 Å². The molecule has 2 aromatic carbocycles. The van der Waals surface area contributed by atoms with E-state index in [0.29, 0.717) is 52.7 Å². The molecule has 0 saturated heterocycles. The summed E-state index contributed by atoms with van der Waals surface area (Å²) in [6, 6.07) is 10.8. The lowest BCUT2D eigenvalue weighted by Gasteiger charge is -2.15. The van der Waals surface area contributed by atoms with Crippen LogP contribution in [0.2, 0.25) is 0 Å². The molecule has 1 aromatic heterocycles. The van der Waals surface area contributed by atoms with Crippen molar-refractivity contribution < 1.29 is 28.8 Å². The first-order valence-corrected chi connectivity index (χ1v) is 12.3. The molecule has 36 heavy (non-hydrogen) atoms. The van der Waals surface area contributed by atoms with E-state index in [1.807, 2.05) is 44.4 Å². The van der Waals surface area contributed by atoms with Crippen molar-refractivity contribution in [2.75, 3.05) is 20.8 Å². The number of carbonyl (C=O) groups is 1. The number of carboxylic acid groups (broad SMARTS) is 1. The molecule has 0 atom stereocenters. The summed E-state index contributed by atoms with van der Waals surface area (Å²) in [5.41, 5.74) is 1.41. The van der Waals surface area contributed by atoms with Gasteiger partial charge in [-0.3, -0.25) is 0 Å². The summed E-state index contributed by atoms with van der Waals surface area (Å²) < 4.78 is 24.1. The molecule has 3 rings (SSSR count). The van der Waals surface area contributed by atoms with Crippen molar-refractivity contribution >= 4 is 23.8 Å². The normalized spacial score (nSPS) is 11.5.